The number of fused-ring (bicyclic) bond motifs is 2. The summed E-state index contributed by atoms with van der Waals surface area (Å²) in [5, 5.41) is 15.4. The Labute approximate surface area is 245 Å². The number of likely N-dealkylation sites (N-methyl/N-ethyl adjacent to an activating group) is 2. The van der Waals surface area contributed by atoms with Gasteiger partial charge in [-0.25, -0.2) is 0 Å². The molecule has 0 fully saturated rings. The van der Waals surface area contributed by atoms with Crippen molar-refractivity contribution in [1.82, 2.24) is 9.97 Å². The van der Waals surface area contributed by atoms with Gasteiger partial charge in [-0.2, -0.15) is 0 Å². The molecule has 2 heterocycles. The van der Waals surface area contributed by atoms with E-state index >= 15 is 0 Å². The standard InChI is InChI=1S/2C12H17N2O4P.2CH4O/c2*1-14(2)7-6-9-8-13-10-4-3-5-11(12(9)10)18-19(15,16)17;2*1-2/h2*3-5,8,13H,6-7H2,1-2H3,(H2,15,16,17);2*2H,1H3. The van der Waals surface area contributed by atoms with Gasteiger partial charge in [-0.3, -0.25) is 9.13 Å². The van der Waals surface area contributed by atoms with Crippen LogP contribution in [-0.2, 0) is 22.0 Å². The number of phosphoric ester groups is 2. The highest BCUT2D eigenvalue weighted by Crippen LogP contribution is 2.39. The summed E-state index contributed by atoms with van der Waals surface area (Å²) < 4.78 is 31.1. The van der Waals surface area contributed by atoms with Crippen LogP contribution in [0.2, 0.25) is 0 Å². The number of hydrogen-bond donors (Lipinski definition) is 8. The summed E-state index contributed by atoms with van der Waals surface area (Å²) in [6, 6.07) is 10.1. The summed E-state index contributed by atoms with van der Waals surface area (Å²) >= 11 is 0. The van der Waals surface area contributed by atoms with E-state index in [0.29, 0.717) is 10.8 Å². The van der Waals surface area contributed by atoms with E-state index in [9.17, 15) is 18.9 Å². The molecule has 2 aromatic carbocycles. The summed E-state index contributed by atoms with van der Waals surface area (Å²) in [5.41, 5.74) is 3.52. The Morgan fingerprint density at radius 1 is 0.690 bits per heavy atom. The molecule has 0 aliphatic carbocycles. The van der Waals surface area contributed by atoms with Gasteiger partial charge in [0.25, 0.3) is 0 Å². The van der Waals surface area contributed by atoms with Gasteiger partial charge in [0.15, 0.2) is 0 Å². The van der Waals surface area contributed by atoms with Crippen LogP contribution in [0, 0.1) is 0 Å². The second-order valence-corrected chi connectivity index (χ2v) is 11.8. The van der Waals surface area contributed by atoms with Gasteiger partial charge in [-0.15, -0.1) is 0 Å². The van der Waals surface area contributed by atoms with Gasteiger partial charge in [-0.1, -0.05) is 12.1 Å². The molecule has 14 nitrogen and oxygen atoms in total. The predicted molar refractivity (Wildman–Crippen MR) is 157 cm³/mol. The van der Waals surface area contributed by atoms with Gasteiger partial charge >= 0.3 is 15.6 Å². The van der Waals surface area contributed by atoms with E-state index in [1.54, 1.807) is 12.1 Å². The van der Waals surface area contributed by atoms with Crippen LogP contribution in [0.25, 0.3) is 21.8 Å². The fraction of sp³-hybridized carbons (Fsp3) is 0.385. The van der Waals surface area contributed by atoms with Crippen LogP contribution in [0.5, 0.6) is 11.5 Å². The molecular weight excluding hydrogens is 590 g/mol. The summed E-state index contributed by atoms with van der Waals surface area (Å²) in [5.74, 6) is 0.312. The zero-order valence-corrected chi connectivity index (χ0v) is 26.4. The molecule has 4 aromatic rings. The molecule has 0 saturated carbocycles. The minimum absolute atomic E-state index is 0.156. The molecule has 0 radical (unpaired) electrons. The summed E-state index contributed by atoms with van der Waals surface area (Å²) in [7, 11) is 0.601. The Balaban J connectivity index is 0.000000376. The lowest BCUT2D eigenvalue weighted by Crippen LogP contribution is -3.05. The van der Waals surface area contributed by atoms with Crippen molar-refractivity contribution in [2.75, 3.05) is 55.5 Å². The molecule has 2 atom stereocenters. The van der Waals surface area contributed by atoms with E-state index in [2.05, 4.69) is 19.0 Å². The fourth-order valence-corrected chi connectivity index (χ4v) is 4.81. The molecule has 0 bridgehead atoms. The second-order valence-electron chi connectivity index (χ2n) is 9.52. The van der Waals surface area contributed by atoms with E-state index < -0.39 is 15.6 Å². The van der Waals surface area contributed by atoms with Crippen LogP contribution < -0.4 is 28.6 Å². The number of phosphoric acid groups is 2. The number of aromatic amines is 2. The lowest BCUT2D eigenvalue weighted by Gasteiger charge is -2.17. The fourth-order valence-electron chi connectivity index (χ4n) is 4.00. The first-order valence-electron chi connectivity index (χ1n) is 12.9. The van der Waals surface area contributed by atoms with Gasteiger partial charge in [0.05, 0.1) is 41.3 Å². The number of quaternary nitrogens is 2. The summed E-state index contributed by atoms with van der Waals surface area (Å²) in [6.07, 6.45) is 5.26. The van der Waals surface area contributed by atoms with Gasteiger partial charge < -0.3 is 58.6 Å². The van der Waals surface area contributed by atoms with Crippen molar-refractivity contribution in [1.29, 1.82) is 0 Å². The molecule has 8 N–H and O–H groups in total. The number of H-pyrrole nitrogens is 2. The smallest absolute Gasteiger partial charge is 0.317 e. The first-order valence-corrected chi connectivity index (χ1v) is 15.8. The van der Waals surface area contributed by atoms with Crippen molar-refractivity contribution in [2.24, 2.45) is 0 Å². The molecule has 0 amide bonds. The van der Waals surface area contributed by atoms with Gasteiger partial charge in [0.1, 0.15) is 11.5 Å². The Kier molecular flexibility index (Phi) is 15.4. The third kappa shape index (κ3) is 12.2. The predicted octanol–water partition coefficient (Wildman–Crippen LogP) is -1.39. The third-order valence-corrected chi connectivity index (χ3v) is 6.57. The van der Waals surface area contributed by atoms with Gasteiger partial charge in [0.2, 0.25) is 0 Å². The molecule has 42 heavy (non-hydrogen) atoms. The molecule has 236 valence electrons. The van der Waals surface area contributed by atoms with Crippen molar-refractivity contribution < 1.29 is 57.8 Å². The molecule has 0 spiro atoms. The van der Waals surface area contributed by atoms with E-state index in [1.807, 2.05) is 52.7 Å². The van der Waals surface area contributed by atoms with E-state index in [1.165, 1.54) is 21.9 Å². The Morgan fingerprint density at radius 3 is 1.31 bits per heavy atom. The number of aliphatic hydroxyl groups is 2. The lowest BCUT2D eigenvalue weighted by atomic mass is 10.1. The first kappa shape index (κ1) is 37.3. The van der Waals surface area contributed by atoms with Crippen molar-refractivity contribution >= 4 is 37.5 Å². The van der Waals surface area contributed by atoms with Crippen LogP contribution in [0.15, 0.2) is 48.8 Å². The highest BCUT2D eigenvalue weighted by molar-refractivity contribution is 7.45. The van der Waals surface area contributed by atoms with Crippen molar-refractivity contribution in [2.45, 2.75) is 12.8 Å². The van der Waals surface area contributed by atoms with Crippen molar-refractivity contribution in [3.8, 4) is 11.5 Å². The second kappa shape index (κ2) is 17.4. The molecule has 2 aromatic heterocycles. The quantitative estimate of drug-likeness (QED) is 0.0957. The molecular formula is C26H42N4O10P2. The maximum atomic E-state index is 10.9. The van der Waals surface area contributed by atoms with Crippen LogP contribution in [-0.4, -0.2) is 85.5 Å². The SMILES string of the molecule is CO.CO.C[NH+](C)CCc1c[nH]c2cccc(OP(=O)([O-])O)c12.C[NH+](C)CCc1c[nH]c2cccc(OP(=O)([O-])O)c12. The number of hydrogen-bond acceptors (Lipinski definition) is 8. The number of aromatic nitrogens is 2. The monoisotopic (exact) mass is 632 g/mol. The lowest BCUT2D eigenvalue weighted by molar-refractivity contribution is -0.858. The van der Waals surface area contributed by atoms with E-state index in [0.717, 1.165) is 62.3 Å². The normalized spacial score (nSPS) is 13.7. The average molecular weight is 633 g/mol. The highest BCUT2D eigenvalue weighted by Gasteiger charge is 2.15. The molecule has 16 heteroatoms. The molecule has 4 rings (SSSR count). The largest absolute Gasteiger partial charge is 0.746 e. The minimum Gasteiger partial charge on any atom is -0.746 e. The van der Waals surface area contributed by atoms with Crippen LogP contribution >= 0.6 is 15.6 Å². The first-order chi connectivity index (χ1) is 19.7. The highest BCUT2D eigenvalue weighted by atomic mass is 31.2. The zero-order valence-electron chi connectivity index (χ0n) is 24.6. The van der Waals surface area contributed by atoms with Crippen molar-refractivity contribution in [3.05, 3.63) is 59.9 Å². The molecule has 0 aliphatic rings. The van der Waals surface area contributed by atoms with Crippen LogP contribution in [0.3, 0.4) is 0 Å². The minimum atomic E-state index is -4.79. The maximum absolute atomic E-state index is 10.9. The molecule has 0 saturated heterocycles. The number of benzene rings is 2. The zero-order chi connectivity index (χ0) is 32.1. The summed E-state index contributed by atoms with van der Waals surface area (Å²) in [6.45, 7) is 1.82. The number of rotatable bonds is 10. The Hall–Kier alpha value is -2.74. The average Bonchev–Trinajstić information content (AvgIpc) is 3.52. The van der Waals surface area contributed by atoms with Crippen LogP contribution in [0.4, 0.5) is 0 Å². The van der Waals surface area contributed by atoms with Crippen molar-refractivity contribution in [3.63, 3.8) is 0 Å². The van der Waals surface area contributed by atoms with E-state index in [-0.39, 0.29) is 11.5 Å². The Morgan fingerprint density at radius 2 is 1.02 bits per heavy atom. The molecule has 0 aliphatic heterocycles. The maximum Gasteiger partial charge on any atom is 0.317 e. The van der Waals surface area contributed by atoms with Gasteiger partial charge in [-0.05, 0) is 35.4 Å². The third-order valence-electron chi connectivity index (χ3n) is 5.71. The molecule has 2 unspecified atom stereocenters. The summed E-state index contributed by atoms with van der Waals surface area (Å²) in [4.78, 5) is 48.2. The number of aliphatic hydroxyl groups excluding tert-OH is 2. The topological polar surface area (TPSA) is 220 Å². The number of nitrogens with one attached hydrogen (secondary N) is 4. The van der Waals surface area contributed by atoms with E-state index in [4.69, 9.17) is 20.0 Å². The van der Waals surface area contributed by atoms with Crippen LogP contribution in [0.1, 0.15) is 11.1 Å². The van der Waals surface area contributed by atoms with Gasteiger partial charge in [0, 0.05) is 61.3 Å². The Bertz CT molecular complexity index is 1350.